The number of carbonyl (C=O) groups is 1. The first kappa shape index (κ1) is 13.0. The second-order valence-corrected chi connectivity index (χ2v) is 3.99. The second-order valence-electron chi connectivity index (χ2n) is 3.99. The Kier molecular flexibility index (Phi) is 4.77. The Hall–Kier alpha value is -1.06. The Bertz CT molecular complexity index is 345. The molecule has 4 heteroatoms. The Morgan fingerprint density at radius 1 is 1.19 bits per heavy atom. The molecule has 1 aromatic carbocycles. The summed E-state index contributed by atoms with van der Waals surface area (Å²) in [5.74, 6) is -0.859. The standard InChI is InChI=1S/C12H15NO2.ClH/c14-12(15)11-5-3-10(4-6-11)9-13-7-1-2-8-13;/h3-6H,1-2,7-9H2,(H,14,15);1H. The highest BCUT2D eigenvalue weighted by molar-refractivity contribution is 5.87. The van der Waals surface area contributed by atoms with E-state index in [0.29, 0.717) is 5.56 Å². The lowest BCUT2D eigenvalue weighted by molar-refractivity contribution is 0.0697. The van der Waals surface area contributed by atoms with Gasteiger partial charge in [0.1, 0.15) is 0 Å². The minimum Gasteiger partial charge on any atom is -0.478 e. The molecule has 0 saturated carbocycles. The number of likely N-dealkylation sites (tertiary alicyclic amines) is 1. The van der Waals surface area contributed by atoms with E-state index in [2.05, 4.69) is 4.90 Å². The van der Waals surface area contributed by atoms with E-state index < -0.39 is 5.97 Å². The van der Waals surface area contributed by atoms with E-state index in [1.807, 2.05) is 12.1 Å². The monoisotopic (exact) mass is 241 g/mol. The van der Waals surface area contributed by atoms with Crippen molar-refractivity contribution < 1.29 is 9.90 Å². The fourth-order valence-corrected chi connectivity index (χ4v) is 1.95. The highest BCUT2D eigenvalue weighted by Gasteiger charge is 2.11. The molecule has 1 heterocycles. The summed E-state index contributed by atoms with van der Waals surface area (Å²) in [5, 5.41) is 8.75. The van der Waals surface area contributed by atoms with Crippen molar-refractivity contribution >= 4 is 18.4 Å². The normalized spacial score (nSPS) is 15.8. The second kappa shape index (κ2) is 5.87. The van der Waals surface area contributed by atoms with E-state index in [4.69, 9.17) is 5.11 Å². The number of hydrogen-bond donors (Lipinski definition) is 1. The fourth-order valence-electron chi connectivity index (χ4n) is 1.95. The molecular formula is C12H16ClNO2. The van der Waals surface area contributed by atoms with Gasteiger partial charge in [0.25, 0.3) is 0 Å². The third kappa shape index (κ3) is 3.22. The van der Waals surface area contributed by atoms with Gasteiger partial charge in [0.05, 0.1) is 5.56 Å². The predicted molar refractivity (Wildman–Crippen MR) is 65.2 cm³/mol. The van der Waals surface area contributed by atoms with Gasteiger partial charge >= 0.3 is 5.97 Å². The van der Waals surface area contributed by atoms with Crippen LogP contribution in [0.5, 0.6) is 0 Å². The third-order valence-electron chi connectivity index (χ3n) is 2.81. The molecule has 0 unspecified atom stereocenters. The Morgan fingerprint density at radius 2 is 1.75 bits per heavy atom. The van der Waals surface area contributed by atoms with Gasteiger partial charge in [-0.2, -0.15) is 0 Å². The molecule has 0 bridgehead atoms. The molecule has 1 aromatic rings. The zero-order chi connectivity index (χ0) is 10.7. The van der Waals surface area contributed by atoms with Crippen LogP contribution in [0.2, 0.25) is 0 Å². The zero-order valence-corrected chi connectivity index (χ0v) is 9.87. The number of rotatable bonds is 3. The molecule has 1 fully saturated rings. The zero-order valence-electron chi connectivity index (χ0n) is 9.06. The molecule has 1 aliphatic heterocycles. The Labute approximate surface area is 101 Å². The minimum absolute atomic E-state index is 0. The van der Waals surface area contributed by atoms with Gasteiger partial charge in [-0.05, 0) is 43.6 Å². The van der Waals surface area contributed by atoms with Gasteiger partial charge in [-0.3, -0.25) is 4.90 Å². The summed E-state index contributed by atoms with van der Waals surface area (Å²) in [7, 11) is 0. The van der Waals surface area contributed by atoms with Crippen molar-refractivity contribution in [2.75, 3.05) is 13.1 Å². The van der Waals surface area contributed by atoms with Crippen molar-refractivity contribution in [2.24, 2.45) is 0 Å². The van der Waals surface area contributed by atoms with Crippen molar-refractivity contribution in [1.82, 2.24) is 4.90 Å². The van der Waals surface area contributed by atoms with Crippen LogP contribution in [0.15, 0.2) is 24.3 Å². The smallest absolute Gasteiger partial charge is 0.335 e. The van der Waals surface area contributed by atoms with Crippen molar-refractivity contribution in [3.63, 3.8) is 0 Å². The highest BCUT2D eigenvalue weighted by Crippen LogP contribution is 2.13. The molecule has 88 valence electrons. The van der Waals surface area contributed by atoms with Crippen molar-refractivity contribution in [2.45, 2.75) is 19.4 Å². The lowest BCUT2D eigenvalue weighted by Gasteiger charge is -2.14. The van der Waals surface area contributed by atoms with Gasteiger partial charge in [0.15, 0.2) is 0 Å². The summed E-state index contributed by atoms with van der Waals surface area (Å²) >= 11 is 0. The number of carboxylic acid groups (broad SMARTS) is 1. The van der Waals surface area contributed by atoms with Crippen molar-refractivity contribution in [3.8, 4) is 0 Å². The number of halogens is 1. The first-order valence-electron chi connectivity index (χ1n) is 5.30. The molecular weight excluding hydrogens is 226 g/mol. The van der Waals surface area contributed by atoms with Gasteiger partial charge in [0, 0.05) is 6.54 Å². The Morgan fingerprint density at radius 3 is 2.25 bits per heavy atom. The van der Waals surface area contributed by atoms with E-state index >= 15 is 0 Å². The largest absolute Gasteiger partial charge is 0.478 e. The molecule has 0 aliphatic carbocycles. The van der Waals surface area contributed by atoms with Crippen LogP contribution in [-0.2, 0) is 6.54 Å². The predicted octanol–water partition coefficient (Wildman–Crippen LogP) is 2.40. The third-order valence-corrected chi connectivity index (χ3v) is 2.81. The van der Waals surface area contributed by atoms with Gasteiger partial charge < -0.3 is 5.11 Å². The quantitative estimate of drug-likeness (QED) is 0.884. The highest BCUT2D eigenvalue weighted by atomic mass is 35.5. The summed E-state index contributed by atoms with van der Waals surface area (Å²) in [6.45, 7) is 3.28. The molecule has 0 aromatic heterocycles. The molecule has 3 nitrogen and oxygen atoms in total. The van der Waals surface area contributed by atoms with Gasteiger partial charge in [0.2, 0.25) is 0 Å². The van der Waals surface area contributed by atoms with Crippen LogP contribution in [0.1, 0.15) is 28.8 Å². The van der Waals surface area contributed by atoms with E-state index in [-0.39, 0.29) is 12.4 Å². The average molecular weight is 242 g/mol. The first-order valence-corrected chi connectivity index (χ1v) is 5.30. The number of hydrogen-bond acceptors (Lipinski definition) is 2. The van der Waals surface area contributed by atoms with Crippen molar-refractivity contribution in [1.29, 1.82) is 0 Å². The van der Waals surface area contributed by atoms with Crippen LogP contribution in [0.4, 0.5) is 0 Å². The van der Waals surface area contributed by atoms with Gasteiger partial charge in [-0.15, -0.1) is 12.4 Å². The van der Waals surface area contributed by atoms with Crippen LogP contribution in [0.25, 0.3) is 0 Å². The lowest BCUT2D eigenvalue weighted by atomic mass is 10.1. The molecule has 1 N–H and O–H groups in total. The topological polar surface area (TPSA) is 40.5 Å². The van der Waals surface area contributed by atoms with Crippen molar-refractivity contribution in [3.05, 3.63) is 35.4 Å². The molecule has 16 heavy (non-hydrogen) atoms. The van der Waals surface area contributed by atoms with E-state index in [0.717, 1.165) is 6.54 Å². The first-order chi connectivity index (χ1) is 7.25. The summed E-state index contributed by atoms with van der Waals surface area (Å²) in [6, 6.07) is 7.16. The summed E-state index contributed by atoms with van der Waals surface area (Å²) in [4.78, 5) is 13.0. The van der Waals surface area contributed by atoms with Crippen LogP contribution in [0.3, 0.4) is 0 Å². The molecule has 0 radical (unpaired) electrons. The maximum absolute atomic E-state index is 10.6. The number of carboxylic acids is 1. The van der Waals surface area contributed by atoms with E-state index in [9.17, 15) is 4.79 Å². The number of aromatic carboxylic acids is 1. The fraction of sp³-hybridized carbons (Fsp3) is 0.417. The maximum atomic E-state index is 10.6. The molecule has 1 saturated heterocycles. The Balaban J connectivity index is 0.00000128. The summed E-state index contributed by atoms with van der Waals surface area (Å²) < 4.78 is 0. The summed E-state index contributed by atoms with van der Waals surface area (Å²) in [6.07, 6.45) is 2.57. The SMILES string of the molecule is Cl.O=C(O)c1ccc(CN2CCCC2)cc1. The lowest BCUT2D eigenvalue weighted by Crippen LogP contribution is -2.18. The van der Waals surface area contributed by atoms with Gasteiger partial charge in [-0.1, -0.05) is 12.1 Å². The molecule has 0 amide bonds. The molecule has 1 aliphatic rings. The molecule has 0 spiro atoms. The van der Waals surface area contributed by atoms with Crippen LogP contribution in [-0.4, -0.2) is 29.1 Å². The molecule has 2 rings (SSSR count). The van der Waals surface area contributed by atoms with E-state index in [1.165, 1.54) is 31.5 Å². The number of nitrogens with zero attached hydrogens (tertiary/aromatic N) is 1. The van der Waals surface area contributed by atoms with Crippen LogP contribution < -0.4 is 0 Å². The molecule has 0 atom stereocenters. The number of benzene rings is 1. The maximum Gasteiger partial charge on any atom is 0.335 e. The minimum atomic E-state index is -0.859. The van der Waals surface area contributed by atoms with Crippen LogP contribution >= 0.6 is 12.4 Å². The summed E-state index contributed by atoms with van der Waals surface area (Å²) in [5.41, 5.74) is 1.56. The van der Waals surface area contributed by atoms with Crippen LogP contribution in [0, 0.1) is 0 Å². The van der Waals surface area contributed by atoms with Gasteiger partial charge in [-0.25, -0.2) is 4.79 Å². The van der Waals surface area contributed by atoms with E-state index in [1.54, 1.807) is 12.1 Å². The average Bonchev–Trinajstić information content (AvgIpc) is 2.71.